The molecule has 1 aromatic heterocycles. The lowest BCUT2D eigenvalue weighted by Gasteiger charge is -2.31. The molecule has 1 aliphatic carbocycles. The van der Waals surface area contributed by atoms with Gasteiger partial charge in [-0.25, -0.2) is 0 Å². The standard InChI is InChI=1S/C12H16O3/c1-11(13,9-6-4-8-14-9)12-7-3-2-5-10(12)15-12/h4,6,8,10,13H,2-3,5,7H2,1H3/t10-,11-,12+/m0/s1. The molecule has 82 valence electrons. The van der Waals surface area contributed by atoms with E-state index >= 15 is 0 Å². The Kier molecular flexibility index (Phi) is 1.80. The van der Waals surface area contributed by atoms with Gasteiger partial charge in [0.25, 0.3) is 0 Å². The number of hydrogen-bond donors (Lipinski definition) is 1. The van der Waals surface area contributed by atoms with Crippen molar-refractivity contribution in [1.82, 2.24) is 0 Å². The van der Waals surface area contributed by atoms with E-state index in [0.717, 1.165) is 19.3 Å². The zero-order valence-electron chi connectivity index (χ0n) is 8.90. The highest BCUT2D eigenvalue weighted by Crippen LogP contribution is 2.57. The third-order valence-electron chi connectivity index (χ3n) is 3.90. The molecule has 3 heteroatoms. The van der Waals surface area contributed by atoms with Gasteiger partial charge in [0, 0.05) is 0 Å². The maximum absolute atomic E-state index is 10.6. The van der Waals surface area contributed by atoms with Crippen LogP contribution in [-0.4, -0.2) is 16.8 Å². The van der Waals surface area contributed by atoms with E-state index in [2.05, 4.69) is 0 Å². The molecule has 0 bridgehead atoms. The second-order valence-corrected chi connectivity index (χ2v) is 4.79. The predicted octanol–water partition coefficient (Wildman–Crippen LogP) is 2.20. The zero-order valence-corrected chi connectivity index (χ0v) is 8.90. The summed E-state index contributed by atoms with van der Waals surface area (Å²) in [7, 11) is 0. The average molecular weight is 208 g/mol. The summed E-state index contributed by atoms with van der Waals surface area (Å²) in [5.41, 5.74) is -1.36. The first-order chi connectivity index (χ1) is 7.17. The van der Waals surface area contributed by atoms with Crippen molar-refractivity contribution in [2.45, 2.75) is 49.9 Å². The smallest absolute Gasteiger partial charge is 0.151 e. The van der Waals surface area contributed by atoms with E-state index in [4.69, 9.17) is 9.15 Å². The topological polar surface area (TPSA) is 45.9 Å². The van der Waals surface area contributed by atoms with Crippen LogP contribution in [0.1, 0.15) is 38.4 Å². The Balaban J connectivity index is 1.93. The molecule has 0 radical (unpaired) electrons. The van der Waals surface area contributed by atoms with Gasteiger partial charge in [-0.1, -0.05) is 12.8 Å². The molecule has 0 spiro atoms. The van der Waals surface area contributed by atoms with Crippen LogP contribution in [0, 0.1) is 0 Å². The van der Waals surface area contributed by atoms with Crippen molar-refractivity contribution < 1.29 is 14.3 Å². The first kappa shape index (κ1) is 9.43. The fourth-order valence-electron chi connectivity index (χ4n) is 2.88. The monoisotopic (exact) mass is 208 g/mol. The summed E-state index contributed by atoms with van der Waals surface area (Å²) in [6.45, 7) is 1.80. The molecule has 1 saturated carbocycles. The summed E-state index contributed by atoms with van der Waals surface area (Å²) in [5, 5.41) is 10.6. The lowest BCUT2D eigenvalue weighted by atomic mass is 9.76. The quantitative estimate of drug-likeness (QED) is 0.758. The van der Waals surface area contributed by atoms with Gasteiger partial charge in [0.05, 0.1) is 12.4 Å². The van der Waals surface area contributed by atoms with Crippen molar-refractivity contribution >= 4 is 0 Å². The van der Waals surface area contributed by atoms with Gasteiger partial charge in [0.2, 0.25) is 0 Å². The number of fused-ring (bicyclic) bond motifs is 1. The van der Waals surface area contributed by atoms with E-state index in [-0.39, 0.29) is 11.7 Å². The Morgan fingerprint density at radius 2 is 2.40 bits per heavy atom. The predicted molar refractivity (Wildman–Crippen MR) is 54.4 cm³/mol. The molecule has 0 amide bonds. The number of epoxide rings is 1. The fraction of sp³-hybridized carbons (Fsp3) is 0.667. The number of rotatable bonds is 2. The SMILES string of the molecule is C[C@](O)(c1ccco1)[C@@]12CCCC[C@@H]1O2. The van der Waals surface area contributed by atoms with Gasteiger partial charge in [-0.05, 0) is 31.9 Å². The Morgan fingerprint density at radius 1 is 1.53 bits per heavy atom. The molecular formula is C12H16O3. The van der Waals surface area contributed by atoms with Crippen LogP contribution in [0.5, 0.6) is 0 Å². The summed E-state index contributed by atoms with van der Waals surface area (Å²) < 4.78 is 11.1. The minimum absolute atomic E-state index is 0.228. The second-order valence-electron chi connectivity index (χ2n) is 4.79. The summed E-state index contributed by atoms with van der Waals surface area (Å²) in [6, 6.07) is 3.63. The van der Waals surface area contributed by atoms with Crippen molar-refractivity contribution in [3.63, 3.8) is 0 Å². The molecule has 2 fully saturated rings. The Bertz CT molecular complexity index is 355. The van der Waals surface area contributed by atoms with Gasteiger partial charge in [0.1, 0.15) is 11.4 Å². The van der Waals surface area contributed by atoms with Crippen molar-refractivity contribution in [2.75, 3.05) is 0 Å². The van der Waals surface area contributed by atoms with E-state index in [1.807, 2.05) is 6.07 Å². The van der Waals surface area contributed by atoms with E-state index in [9.17, 15) is 5.11 Å². The Hall–Kier alpha value is -0.800. The fourth-order valence-corrected chi connectivity index (χ4v) is 2.88. The van der Waals surface area contributed by atoms with Crippen LogP contribution in [0.4, 0.5) is 0 Å². The highest BCUT2D eigenvalue weighted by molar-refractivity contribution is 5.23. The van der Waals surface area contributed by atoms with Gasteiger partial charge < -0.3 is 14.3 Å². The van der Waals surface area contributed by atoms with Gasteiger partial charge in [-0.3, -0.25) is 0 Å². The van der Waals surface area contributed by atoms with Crippen LogP contribution >= 0.6 is 0 Å². The number of hydrogen-bond acceptors (Lipinski definition) is 3. The highest BCUT2D eigenvalue weighted by atomic mass is 16.6. The average Bonchev–Trinajstić information content (AvgIpc) is 2.73. The summed E-state index contributed by atoms with van der Waals surface area (Å²) in [4.78, 5) is 0. The largest absolute Gasteiger partial charge is 0.466 e. The molecule has 1 aliphatic heterocycles. The van der Waals surface area contributed by atoms with Crippen molar-refractivity contribution in [2.24, 2.45) is 0 Å². The van der Waals surface area contributed by atoms with Crippen LogP contribution in [0.2, 0.25) is 0 Å². The molecule has 0 unspecified atom stereocenters. The molecule has 1 N–H and O–H groups in total. The van der Waals surface area contributed by atoms with Crippen molar-refractivity contribution in [1.29, 1.82) is 0 Å². The number of furan rings is 1. The summed E-state index contributed by atoms with van der Waals surface area (Å²) in [6.07, 6.45) is 6.17. The first-order valence-electron chi connectivity index (χ1n) is 5.61. The normalized spacial score (nSPS) is 38.1. The van der Waals surface area contributed by atoms with Gasteiger partial charge in [-0.2, -0.15) is 0 Å². The molecule has 3 rings (SSSR count). The molecule has 1 saturated heterocycles. The molecule has 15 heavy (non-hydrogen) atoms. The van der Waals surface area contributed by atoms with Crippen LogP contribution in [0.25, 0.3) is 0 Å². The van der Waals surface area contributed by atoms with E-state index in [1.54, 1.807) is 19.3 Å². The molecule has 2 aliphatic rings. The third kappa shape index (κ3) is 1.13. The lowest BCUT2D eigenvalue weighted by molar-refractivity contribution is -0.0496. The van der Waals surface area contributed by atoms with Crippen LogP contribution in [-0.2, 0) is 10.3 Å². The molecule has 1 aromatic rings. The molecule has 3 nitrogen and oxygen atoms in total. The third-order valence-corrected chi connectivity index (χ3v) is 3.90. The maximum atomic E-state index is 10.6. The van der Waals surface area contributed by atoms with E-state index in [1.165, 1.54) is 6.42 Å². The summed E-state index contributed by atoms with van der Waals surface area (Å²) >= 11 is 0. The number of aliphatic hydroxyl groups is 1. The minimum Gasteiger partial charge on any atom is -0.466 e. The van der Waals surface area contributed by atoms with E-state index in [0.29, 0.717) is 5.76 Å². The van der Waals surface area contributed by atoms with Crippen molar-refractivity contribution in [3.05, 3.63) is 24.2 Å². The summed E-state index contributed by atoms with van der Waals surface area (Å²) in [5.74, 6) is 0.618. The molecule has 3 atom stereocenters. The zero-order chi connectivity index (χ0) is 10.5. The van der Waals surface area contributed by atoms with Gasteiger partial charge >= 0.3 is 0 Å². The lowest BCUT2D eigenvalue weighted by Crippen LogP contribution is -2.42. The van der Waals surface area contributed by atoms with Crippen LogP contribution in [0.15, 0.2) is 22.8 Å². The molecule has 0 aromatic carbocycles. The van der Waals surface area contributed by atoms with E-state index < -0.39 is 5.60 Å². The minimum atomic E-state index is -0.985. The highest BCUT2D eigenvalue weighted by Gasteiger charge is 2.68. The van der Waals surface area contributed by atoms with Gasteiger partial charge in [-0.15, -0.1) is 0 Å². The molecular weight excluding hydrogens is 192 g/mol. The molecule has 2 heterocycles. The number of ether oxygens (including phenoxy) is 1. The Morgan fingerprint density at radius 3 is 3.07 bits per heavy atom. The Labute approximate surface area is 89.0 Å². The maximum Gasteiger partial charge on any atom is 0.151 e. The first-order valence-corrected chi connectivity index (χ1v) is 5.61. The van der Waals surface area contributed by atoms with Crippen molar-refractivity contribution in [3.8, 4) is 0 Å². The van der Waals surface area contributed by atoms with Gasteiger partial charge in [0.15, 0.2) is 5.60 Å². The van der Waals surface area contributed by atoms with Crippen LogP contribution in [0.3, 0.4) is 0 Å². The van der Waals surface area contributed by atoms with Crippen LogP contribution < -0.4 is 0 Å². The second kappa shape index (κ2) is 2.86.